The minimum absolute atomic E-state index is 0.337. The molecule has 0 fully saturated rings. The predicted octanol–water partition coefficient (Wildman–Crippen LogP) is 5.44. The molecule has 0 amide bonds. The number of carbonyl (C=O) groups excluding carboxylic acids is 1. The number of hydrogen-bond donors (Lipinski definition) is 0. The lowest BCUT2D eigenvalue weighted by atomic mass is 10.1. The average Bonchev–Trinajstić information content (AvgIpc) is 2.96. The molecule has 1 aliphatic rings. The number of esters is 1. The summed E-state index contributed by atoms with van der Waals surface area (Å²) < 4.78 is 13.0. The minimum Gasteiger partial charge on any atom is -0.487 e. The van der Waals surface area contributed by atoms with E-state index >= 15 is 0 Å². The van der Waals surface area contributed by atoms with Gasteiger partial charge in [-0.1, -0.05) is 43.0 Å². The molecule has 0 unspecified atom stereocenters. The lowest BCUT2D eigenvalue weighted by molar-refractivity contribution is -0.130. The van der Waals surface area contributed by atoms with Crippen LogP contribution in [0.5, 0.6) is 5.75 Å². The third kappa shape index (κ3) is 4.33. The molecule has 0 saturated heterocycles. The number of ether oxygens (including phenoxy) is 2. The zero-order valence-electron chi connectivity index (χ0n) is 13.2. The van der Waals surface area contributed by atoms with Gasteiger partial charge in [-0.15, -0.1) is 0 Å². The van der Waals surface area contributed by atoms with Crippen molar-refractivity contribution in [1.29, 1.82) is 0 Å². The van der Waals surface area contributed by atoms with E-state index < -0.39 is 0 Å². The molecule has 0 aromatic heterocycles. The summed E-state index contributed by atoms with van der Waals surface area (Å²) in [6, 6.07) is 13.6. The van der Waals surface area contributed by atoms with Gasteiger partial charge >= 0.3 is 5.97 Å². The molecule has 1 aliphatic heterocycles. The molecule has 2 aromatic carbocycles. The molecule has 25 heavy (non-hydrogen) atoms. The predicted molar refractivity (Wildman–Crippen MR) is 116 cm³/mol. The quantitative estimate of drug-likeness (QED) is 0.213. The van der Waals surface area contributed by atoms with Crippen LogP contribution >= 0.6 is 45.2 Å². The molecule has 3 rings (SSSR count). The van der Waals surface area contributed by atoms with Crippen molar-refractivity contribution in [2.75, 3.05) is 6.61 Å². The van der Waals surface area contributed by atoms with Crippen molar-refractivity contribution in [3.63, 3.8) is 0 Å². The Hall–Kier alpha value is -1.61. The van der Waals surface area contributed by atoms with Crippen molar-refractivity contribution in [3.05, 3.63) is 85.0 Å². The fourth-order valence-electron chi connectivity index (χ4n) is 2.36. The number of halogens is 2. The molecule has 0 atom stereocenters. The van der Waals surface area contributed by atoms with E-state index in [9.17, 15) is 4.79 Å². The van der Waals surface area contributed by atoms with Crippen molar-refractivity contribution >= 4 is 63.0 Å². The Morgan fingerprint density at radius 1 is 1.12 bits per heavy atom. The number of rotatable bonds is 5. The molecule has 3 nitrogen and oxygen atoms in total. The highest BCUT2D eigenvalue weighted by Gasteiger charge is 2.22. The van der Waals surface area contributed by atoms with Gasteiger partial charge in [0.25, 0.3) is 0 Å². The molecule has 0 spiro atoms. The summed E-state index contributed by atoms with van der Waals surface area (Å²) in [5.41, 5.74) is 2.35. The third-order valence-corrected chi connectivity index (χ3v) is 5.07. The van der Waals surface area contributed by atoms with Crippen molar-refractivity contribution in [2.45, 2.75) is 0 Å². The molecule has 0 bridgehead atoms. The van der Waals surface area contributed by atoms with Crippen LogP contribution < -0.4 is 4.74 Å². The minimum atomic E-state index is -0.337. The van der Waals surface area contributed by atoms with E-state index in [-0.39, 0.29) is 5.97 Å². The second-order valence-electron chi connectivity index (χ2n) is 5.28. The van der Waals surface area contributed by atoms with Gasteiger partial charge < -0.3 is 9.47 Å². The summed E-state index contributed by atoms with van der Waals surface area (Å²) in [6.07, 6.45) is 5.33. The van der Waals surface area contributed by atoms with Crippen LogP contribution in [0.25, 0.3) is 11.8 Å². The van der Waals surface area contributed by atoms with Crippen LogP contribution in [0.15, 0.2) is 66.8 Å². The molecule has 0 radical (unpaired) electrons. The van der Waals surface area contributed by atoms with Gasteiger partial charge in [-0.05, 0) is 75.0 Å². The Balaban J connectivity index is 1.91. The van der Waals surface area contributed by atoms with Crippen LogP contribution in [0.1, 0.15) is 11.1 Å². The zero-order chi connectivity index (χ0) is 17.8. The summed E-state index contributed by atoms with van der Waals surface area (Å²) in [7, 11) is 0. The van der Waals surface area contributed by atoms with E-state index in [1.54, 1.807) is 12.2 Å². The van der Waals surface area contributed by atoms with Crippen molar-refractivity contribution in [2.24, 2.45) is 0 Å². The highest BCUT2D eigenvalue weighted by Crippen LogP contribution is 2.32. The van der Waals surface area contributed by atoms with E-state index in [0.717, 1.165) is 24.0 Å². The molecule has 1 heterocycles. The first-order chi connectivity index (χ1) is 12.1. The Labute approximate surface area is 173 Å². The lowest BCUT2D eigenvalue weighted by Gasteiger charge is -2.09. The SMILES string of the molecule is C=CCOc1c(I)cc(/C=C2/C=C(c3ccccc3)OC2=O)cc1I. The topological polar surface area (TPSA) is 35.5 Å². The van der Waals surface area contributed by atoms with Gasteiger partial charge in [-0.25, -0.2) is 4.79 Å². The van der Waals surface area contributed by atoms with Gasteiger partial charge in [0.05, 0.1) is 12.7 Å². The smallest absolute Gasteiger partial charge is 0.343 e. The standard InChI is InChI=1S/C20H14I2O3/c1-2-8-24-19-16(21)10-13(11-17(19)22)9-15-12-18(25-20(15)23)14-6-4-3-5-7-14/h2-7,9-12H,1,8H2/b15-9-. The molecule has 5 heteroatoms. The molecule has 126 valence electrons. The van der Waals surface area contributed by atoms with E-state index in [1.807, 2.05) is 48.5 Å². The summed E-state index contributed by atoms with van der Waals surface area (Å²) in [6.45, 7) is 4.12. The van der Waals surface area contributed by atoms with E-state index in [0.29, 0.717) is 17.9 Å². The Morgan fingerprint density at radius 2 is 1.80 bits per heavy atom. The Morgan fingerprint density at radius 3 is 2.44 bits per heavy atom. The summed E-state index contributed by atoms with van der Waals surface area (Å²) in [4.78, 5) is 12.2. The van der Waals surface area contributed by atoms with Gasteiger partial charge in [0.15, 0.2) is 0 Å². The highest BCUT2D eigenvalue weighted by molar-refractivity contribution is 14.1. The fourth-order valence-corrected chi connectivity index (χ4v) is 4.48. The summed E-state index contributed by atoms with van der Waals surface area (Å²) >= 11 is 4.46. The van der Waals surface area contributed by atoms with Crippen LogP contribution in [0.3, 0.4) is 0 Å². The maximum atomic E-state index is 12.2. The molecule has 0 N–H and O–H groups in total. The monoisotopic (exact) mass is 556 g/mol. The van der Waals surface area contributed by atoms with Gasteiger partial charge in [0.2, 0.25) is 0 Å². The van der Waals surface area contributed by atoms with Gasteiger partial charge in [0, 0.05) is 5.56 Å². The van der Waals surface area contributed by atoms with Crippen LogP contribution in [0.4, 0.5) is 0 Å². The first-order valence-corrected chi connectivity index (χ1v) is 9.68. The molecule has 2 aromatic rings. The van der Waals surface area contributed by atoms with E-state index in [2.05, 4.69) is 51.8 Å². The zero-order valence-corrected chi connectivity index (χ0v) is 17.5. The average molecular weight is 556 g/mol. The Bertz CT molecular complexity index is 860. The summed E-state index contributed by atoms with van der Waals surface area (Å²) in [5, 5.41) is 0. The maximum absolute atomic E-state index is 12.2. The van der Waals surface area contributed by atoms with Gasteiger partial charge in [-0.3, -0.25) is 0 Å². The van der Waals surface area contributed by atoms with Crippen LogP contribution in [0, 0.1) is 7.14 Å². The number of hydrogen-bond acceptors (Lipinski definition) is 3. The maximum Gasteiger partial charge on any atom is 0.343 e. The first-order valence-electron chi connectivity index (χ1n) is 7.52. The molecule has 0 saturated carbocycles. The summed E-state index contributed by atoms with van der Waals surface area (Å²) in [5.74, 6) is 1.07. The van der Waals surface area contributed by atoms with Crippen LogP contribution in [0.2, 0.25) is 0 Å². The van der Waals surface area contributed by atoms with Crippen molar-refractivity contribution in [3.8, 4) is 5.75 Å². The molecule has 0 aliphatic carbocycles. The third-order valence-electron chi connectivity index (χ3n) is 3.47. The normalized spacial score (nSPS) is 15.0. The lowest BCUT2D eigenvalue weighted by Crippen LogP contribution is -1.99. The Kier molecular flexibility index (Phi) is 5.95. The van der Waals surface area contributed by atoms with Gasteiger partial charge in [0.1, 0.15) is 18.1 Å². The molecular weight excluding hydrogens is 542 g/mol. The first kappa shape index (κ1) is 18.2. The second-order valence-corrected chi connectivity index (χ2v) is 7.60. The number of carbonyl (C=O) groups is 1. The van der Waals surface area contributed by atoms with E-state index in [1.165, 1.54) is 0 Å². The van der Waals surface area contributed by atoms with Crippen molar-refractivity contribution in [1.82, 2.24) is 0 Å². The second kappa shape index (κ2) is 8.18. The number of benzene rings is 2. The van der Waals surface area contributed by atoms with E-state index in [4.69, 9.17) is 9.47 Å². The molecular formula is C20H14I2O3. The van der Waals surface area contributed by atoms with Crippen LogP contribution in [-0.2, 0) is 9.53 Å². The highest BCUT2D eigenvalue weighted by atomic mass is 127. The fraction of sp³-hybridized carbons (Fsp3) is 0.0500. The van der Waals surface area contributed by atoms with Crippen molar-refractivity contribution < 1.29 is 14.3 Å². The number of cyclic esters (lactones) is 1. The van der Waals surface area contributed by atoms with Gasteiger partial charge in [-0.2, -0.15) is 0 Å². The van der Waals surface area contributed by atoms with Crippen LogP contribution in [-0.4, -0.2) is 12.6 Å². The largest absolute Gasteiger partial charge is 0.487 e.